The molecular formula is C19H20F2N2O4S. The highest BCUT2D eigenvalue weighted by Gasteiger charge is 2.24. The van der Waals surface area contributed by atoms with Crippen LogP contribution in [-0.4, -0.2) is 27.0 Å². The van der Waals surface area contributed by atoms with Gasteiger partial charge in [0.2, 0.25) is 0 Å². The fraction of sp³-hybridized carbons (Fsp3) is 0.368. The van der Waals surface area contributed by atoms with Crippen LogP contribution in [0.2, 0.25) is 0 Å². The predicted octanol–water partition coefficient (Wildman–Crippen LogP) is 3.11. The van der Waals surface area contributed by atoms with Crippen LogP contribution in [0, 0.1) is 6.92 Å². The second-order valence-corrected chi connectivity index (χ2v) is 7.55. The van der Waals surface area contributed by atoms with Crippen LogP contribution in [0.3, 0.4) is 0 Å². The van der Waals surface area contributed by atoms with Crippen LogP contribution in [0.1, 0.15) is 18.9 Å². The predicted molar refractivity (Wildman–Crippen MR) is 104 cm³/mol. The van der Waals surface area contributed by atoms with Gasteiger partial charge in [-0.3, -0.25) is 13.9 Å². The zero-order valence-electron chi connectivity index (χ0n) is 15.7. The number of halogens is 2. The number of aromatic nitrogens is 2. The van der Waals surface area contributed by atoms with E-state index in [1.165, 1.54) is 28.0 Å². The van der Waals surface area contributed by atoms with E-state index in [0.29, 0.717) is 39.6 Å². The topological polar surface area (TPSA) is 73.5 Å². The van der Waals surface area contributed by atoms with Gasteiger partial charge in [-0.05, 0) is 36.6 Å². The molecule has 28 heavy (non-hydrogen) atoms. The molecule has 3 rings (SSSR count). The Hall–Kier alpha value is -2.52. The Kier molecular flexibility index (Phi) is 5.40. The Labute approximate surface area is 163 Å². The van der Waals surface area contributed by atoms with Crippen LogP contribution in [-0.2, 0) is 13.6 Å². The fourth-order valence-electron chi connectivity index (χ4n) is 3.09. The van der Waals surface area contributed by atoms with Gasteiger partial charge in [-0.15, -0.1) is 11.3 Å². The minimum atomic E-state index is -3.31. The number of alkyl halides is 2. The summed E-state index contributed by atoms with van der Waals surface area (Å²) >= 11 is 1.25. The first kappa shape index (κ1) is 20.2. The lowest BCUT2D eigenvalue weighted by molar-refractivity contribution is -0.158. The number of nitrogens with zero attached hydrogens (tertiary/aromatic N) is 2. The van der Waals surface area contributed by atoms with E-state index in [2.05, 4.69) is 4.74 Å². The van der Waals surface area contributed by atoms with Gasteiger partial charge in [0.15, 0.2) is 0 Å². The molecule has 0 aliphatic rings. The zero-order chi connectivity index (χ0) is 20.6. The molecule has 0 bridgehead atoms. The van der Waals surface area contributed by atoms with Gasteiger partial charge in [0.05, 0.1) is 5.39 Å². The largest absolute Gasteiger partial charge is 0.433 e. The standard InChI is InChI=1S/C19H20F2N2O4S/c1-11-14-16(25)23(8-5-9-24)18(26)22(3)17(14)28-15(11)12-6-4-7-13(10-12)27-19(2,20)21/h4,6-7,10,24H,5,8-9H2,1-3H3. The lowest BCUT2D eigenvalue weighted by Gasteiger charge is -2.13. The van der Waals surface area contributed by atoms with Gasteiger partial charge in [0.1, 0.15) is 10.6 Å². The number of hydrogen-bond acceptors (Lipinski definition) is 5. The summed E-state index contributed by atoms with van der Waals surface area (Å²) in [6.45, 7) is 2.42. The van der Waals surface area contributed by atoms with E-state index in [-0.39, 0.29) is 18.9 Å². The van der Waals surface area contributed by atoms with Gasteiger partial charge in [-0.25, -0.2) is 4.79 Å². The molecule has 0 saturated carbocycles. The number of benzene rings is 1. The summed E-state index contributed by atoms with van der Waals surface area (Å²) < 4.78 is 33.5. The van der Waals surface area contributed by atoms with E-state index in [1.54, 1.807) is 26.1 Å². The van der Waals surface area contributed by atoms with Crippen LogP contribution >= 0.6 is 11.3 Å². The summed E-state index contributed by atoms with van der Waals surface area (Å²) in [4.78, 5) is 26.6. The maximum atomic E-state index is 13.2. The fourth-order valence-corrected chi connectivity index (χ4v) is 4.34. The highest BCUT2D eigenvalue weighted by molar-refractivity contribution is 7.22. The third-order valence-electron chi connectivity index (χ3n) is 4.34. The Bertz CT molecular complexity index is 1140. The van der Waals surface area contributed by atoms with Crippen molar-refractivity contribution < 1.29 is 18.6 Å². The molecule has 6 nitrogen and oxygen atoms in total. The number of aliphatic hydroxyl groups is 1. The number of rotatable bonds is 6. The van der Waals surface area contributed by atoms with E-state index < -0.39 is 17.4 Å². The van der Waals surface area contributed by atoms with Crippen LogP contribution < -0.4 is 16.0 Å². The quantitative estimate of drug-likeness (QED) is 0.678. The van der Waals surface area contributed by atoms with Crippen LogP contribution in [0.15, 0.2) is 33.9 Å². The molecule has 0 unspecified atom stereocenters. The average Bonchev–Trinajstić information content (AvgIpc) is 2.96. The van der Waals surface area contributed by atoms with E-state index in [4.69, 9.17) is 5.11 Å². The minimum absolute atomic E-state index is 0.0103. The SMILES string of the molecule is Cc1c(-c2cccc(OC(C)(F)F)c2)sc2c1c(=O)n(CCCO)c(=O)n2C. The molecule has 0 atom stereocenters. The molecule has 0 aliphatic heterocycles. The molecule has 3 aromatic rings. The van der Waals surface area contributed by atoms with Gasteiger partial charge < -0.3 is 9.84 Å². The van der Waals surface area contributed by atoms with Gasteiger partial charge in [0.25, 0.3) is 5.56 Å². The maximum Gasteiger partial charge on any atom is 0.394 e. The van der Waals surface area contributed by atoms with Gasteiger partial charge in [-0.2, -0.15) is 8.78 Å². The maximum absolute atomic E-state index is 13.2. The zero-order valence-corrected chi connectivity index (χ0v) is 16.5. The van der Waals surface area contributed by atoms with Crippen molar-refractivity contribution in [3.63, 3.8) is 0 Å². The molecule has 0 saturated heterocycles. The first-order valence-corrected chi connectivity index (χ1v) is 9.46. The van der Waals surface area contributed by atoms with Crippen molar-refractivity contribution in [1.29, 1.82) is 0 Å². The van der Waals surface area contributed by atoms with Crippen LogP contribution in [0.25, 0.3) is 20.7 Å². The first-order valence-electron chi connectivity index (χ1n) is 8.65. The summed E-state index contributed by atoms with van der Waals surface area (Å²) in [5.74, 6) is 0.0103. The molecule has 0 aliphatic carbocycles. The molecular weight excluding hydrogens is 390 g/mol. The number of fused-ring (bicyclic) bond motifs is 1. The summed E-state index contributed by atoms with van der Waals surface area (Å²) in [5.41, 5.74) is 0.411. The van der Waals surface area contributed by atoms with Crippen molar-refractivity contribution in [2.75, 3.05) is 6.61 Å². The van der Waals surface area contributed by atoms with Crippen molar-refractivity contribution in [1.82, 2.24) is 9.13 Å². The third kappa shape index (κ3) is 3.72. The monoisotopic (exact) mass is 410 g/mol. The smallest absolute Gasteiger partial charge is 0.394 e. The number of aryl methyl sites for hydroxylation is 2. The summed E-state index contributed by atoms with van der Waals surface area (Å²) in [7, 11) is 1.58. The van der Waals surface area contributed by atoms with Gasteiger partial charge in [0, 0.05) is 32.0 Å². The van der Waals surface area contributed by atoms with E-state index in [0.717, 1.165) is 4.57 Å². The molecule has 9 heteroatoms. The van der Waals surface area contributed by atoms with Crippen molar-refractivity contribution in [3.8, 4) is 16.2 Å². The van der Waals surface area contributed by atoms with Crippen molar-refractivity contribution in [2.24, 2.45) is 7.05 Å². The van der Waals surface area contributed by atoms with E-state index in [9.17, 15) is 18.4 Å². The second kappa shape index (κ2) is 7.48. The first-order chi connectivity index (χ1) is 13.1. The highest BCUT2D eigenvalue weighted by Crippen LogP contribution is 2.37. The van der Waals surface area contributed by atoms with Gasteiger partial charge >= 0.3 is 11.8 Å². The molecule has 0 fully saturated rings. The Balaban J connectivity index is 2.20. The molecule has 0 spiro atoms. The second-order valence-electron chi connectivity index (χ2n) is 6.55. The normalized spacial score (nSPS) is 11.9. The van der Waals surface area contributed by atoms with Gasteiger partial charge in [-0.1, -0.05) is 12.1 Å². The Morgan fingerprint density at radius 2 is 2.00 bits per heavy atom. The van der Waals surface area contributed by atoms with E-state index >= 15 is 0 Å². The Morgan fingerprint density at radius 3 is 2.64 bits per heavy atom. The lowest BCUT2D eigenvalue weighted by Crippen LogP contribution is -2.39. The molecule has 0 amide bonds. The van der Waals surface area contributed by atoms with Crippen LogP contribution in [0.5, 0.6) is 5.75 Å². The Morgan fingerprint density at radius 1 is 1.29 bits per heavy atom. The summed E-state index contributed by atoms with van der Waals surface area (Å²) in [5, 5.41) is 9.43. The highest BCUT2D eigenvalue weighted by atomic mass is 32.1. The lowest BCUT2D eigenvalue weighted by atomic mass is 10.1. The summed E-state index contributed by atoms with van der Waals surface area (Å²) in [6, 6.07) is 6.25. The number of hydrogen-bond donors (Lipinski definition) is 1. The molecule has 0 radical (unpaired) electrons. The molecule has 2 heterocycles. The minimum Gasteiger partial charge on any atom is -0.433 e. The van der Waals surface area contributed by atoms with Crippen LogP contribution in [0.4, 0.5) is 8.78 Å². The molecule has 1 aromatic carbocycles. The molecule has 1 N–H and O–H groups in total. The van der Waals surface area contributed by atoms with E-state index in [1.807, 2.05) is 0 Å². The van der Waals surface area contributed by atoms with Crippen molar-refractivity contribution >= 4 is 21.6 Å². The number of thiophene rings is 1. The number of ether oxygens (including phenoxy) is 1. The van der Waals surface area contributed by atoms with Crippen molar-refractivity contribution in [2.45, 2.75) is 32.9 Å². The third-order valence-corrected chi connectivity index (χ3v) is 5.76. The average molecular weight is 410 g/mol. The molecule has 150 valence electrons. The number of aliphatic hydroxyl groups excluding tert-OH is 1. The summed E-state index contributed by atoms with van der Waals surface area (Å²) in [6.07, 6.45) is -3.01. The van der Waals surface area contributed by atoms with Crippen molar-refractivity contribution in [3.05, 3.63) is 50.7 Å². The molecule has 2 aromatic heterocycles.